The summed E-state index contributed by atoms with van der Waals surface area (Å²) in [4.78, 5) is 16.8. The molecule has 4 nitrogen and oxygen atoms in total. The van der Waals surface area contributed by atoms with Gasteiger partial charge in [0.15, 0.2) is 0 Å². The molecule has 1 heterocycles. The van der Waals surface area contributed by atoms with Crippen LogP contribution in [-0.4, -0.2) is 49.0 Å². The summed E-state index contributed by atoms with van der Waals surface area (Å²) in [5.41, 5.74) is 2.43. The summed E-state index contributed by atoms with van der Waals surface area (Å²) >= 11 is 0. The van der Waals surface area contributed by atoms with Gasteiger partial charge in [0.05, 0.1) is 7.11 Å². The minimum Gasteiger partial charge on any atom is -0.496 e. The first-order valence-corrected chi connectivity index (χ1v) is 8.92. The zero-order valence-corrected chi connectivity index (χ0v) is 14.9. The van der Waals surface area contributed by atoms with Crippen LogP contribution in [0.3, 0.4) is 0 Å². The van der Waals surface area contributed by atoms with Gasteiger partial charge in [0.1, 0.15) is 5.75 Å². The lowest BCUT2D eigenvalue weighted by Crippen LogP contribution is -2.48. The molecule has 1 amide bonds. The van der Waals surface area contributed by atoms with Crippen molar-refractivity contribution >= 4 is 5.91 Å². The van der Waals surface area contributed by atoms with E-state index < -0.39 is 0 Å². The van der Waals surface area contributed by atoms with Crippen LogP contribution in [0, 0.1) is 0 Å². The number of piperazine rings is 1. The number of methoxy groups -OCH3 is 1. The number of carbonyl (C=O) groups is 1. The Kier molecular flexibility index (Phi) is 6.07. The van der Waals surface area contributed by atoms with E-state index in [-0.39, 0.29) is 5.91 Å². The average Bonchev–Trinajstić information content (AvgIpc) is 2.68. The fourth-order valence-corrected chi connectivity index (χ4v) is 3.28. The first kappa shape index (κ1) is 17.5. The van der Waals surface area contributed by atoms with Gasteiger partial charge < -0.3 is 9.64 Å². The van der Waals surface area contributed by atoms with Gasteiger partial charge in [-0.25, -0.2) is 0 Å². The maximum atomic E-state index is 12.4. The standard InChI is InChI=1S/C21H26N2O2/c1-25-20-10-6-5-9-19(20)17-22-13-15-23(16-14-22)21(24)12-11-18-7-3-2-4-8-18/h2-10H,11-17H2,1H3. The lowest BCUT2D eigenvalue weighted by Gasteiger charge is -2.35. The van der Waals surface area contributed by atoms with Crippen LogP contribution in [0.4, 0.5) is 0 Å². The van der Waals surface area contributed by atoms with E-state index in [1.165, 1.54) is 11.1 Å². The minimum absolute atomic E-state index is 0.265. The molecule has 1 aliphatic rings. The summed E-state index contributed by atoms with van der Waals surface area (Å²) < 4.78 is 5.43. The number of nitrogens with zero attached hydrogens (tertiary/aromatic N) is 2. The van der Waals surface area contributed by atoms with Crippen LogP contribution >= 0.6 is 0 Å². The molecule has 0 spiro atoms. The number of aryl methyl sites for hydroxylation is 1. The van der Waals surface area contributed by atoms with E-state index in [4.69, 9.17) is 4.74 Å². The number of para-hydroxylation sites is 1. The molecule has 0 radical (unpaired) electrons. The highest BCUT2D eigenvalue weighted by molar-refractivity contribution is 5.76. The Hall–Kier alpha value is -2.33. The molecule has 0 unspecified atom stereocenters. The van der Waals surface area contributed by atoms with Gasteiger partial charge in [-0.1, -0.05) is 48.5 Å². The van der Waals surface area contributed by atoms with Crippen molar-refractivity contribution in [3.8, 4) is 5.75 Å². The Bertz CT molecular complexity index is 679. The van der Waals surface area contributed by atoms with Crippen molar-refractivity contribution in [2.45, 2.75) is 19.4 Å². The summed E-state index contributed by atoms with van der Waals surface area (Å²) in [6.07, 6.45) is 1.41. The fraction of sp³-hybridized carbons (Fsp3) is 0.381. The van der Waals surface area contributed by atoms with Gasteiger partial charge in [0, 0.05) is 44.7 Å². The molecule has 0 atom stereocenters. The monoisotopic (exact) mass is 338 g/mol. The molecule has 0 aromatic heterocycles. The van der Waals surface area contributed by atoms with Crippen LogP contribution in [0.15, 0.2) is 54.6 Å². The number of carbonyl (C=O) groups excluding carboxylic acids is 1. The molecule has 1 saturated heterocycles. The third-order valence-corrected chi connectivity index (χ3v) is 4.78. The number of hydrogen-bond acceptors (Lipinski definition) is 3. The van der Waals surface area contributed by atoms with Crippen molar-refractivity contribution in [1.82, 2.24) is 9.80 Å². The van der Waals surface area contributed by atoms with Crippen molar-refractivity contribution in [3.63, 3.8) is 0 Å². The predicted molar refractivity (Wildman–Crippen MR) is 99.6 cm³/mol. The third-order valence-electron chi connectivity index (χ3n) is 4.78. The van der Waals surface area contributed by atoms with Crippen molar-refractivity contribution in [3.05, 3.63) is 65.7 Å². The molecule has 1 fully saturated rings. The quantitative estimate of drug-likeness (QED) is 0.812. The summed E-state index contributed by atoms with van der Waals surface area (Å²) in [7, 11) is 1.71. The van der Waals surface area contributed by atoms with Crippen LogP contribution in [0.2, 0.25) is 0 Å². The number of hydrogen-bond donors (Lipinski definition) is 0. The second-order valence-corrected chi connectivity index (χ2v) is 6.45. The molecule has 1 aliphatic heterocycles. The normalized spacial score (nSPS) is 15.2. The number of benzene rings is 2. The minimum atomic E-state index is 0.265. The van der Waals surface area contributed by atoms with Crippen LogP contribution < -0.4 is 4.74 Å². The second kappa shape index (κ2) is 8.67. The van der Waals surface area contributed by atoms with Gasteiger partial charge in [-0.3, -0.25) is 9.69 Å². The summed E-state index contributed by atoms with van der Waals surface area (Å²) in [6, 6.07) is 18.4. The Morgan fingerprint density at radius 1 is 0.960 bits per heavy atom. The highest BCUT2D eigenvalue weighted by Gasteiger charge is 2.21. The zero-order chi connectivity index (χ0) is 17.5. The van der Waals surface area contributed by atoms with Gasteiger partial charge in [-0.2, -0.15) is 0 Å². The maximum Gasteiger partial charge on any atom is 0.222 e. The molecule has 132 valence electrons. The lowest BCUT2D eigenvalue weighted by atomic mass is 10.1. The highest BCUT2D eigenvalue weighted by Crippen LogP contribution is 2.20. The molecular weight excluding hydrogens is 312 g/mol. The summed E-state index contributed by atoms with van der Waals surface area (Å²) in [5.74, 6) is 1.20. The SMILES string of the molecule is COc1ccccc1CN1CCN(C(=O)CCc2ccccc2)CC1. The van der Waals surface area contributed by atoms with E-state index in [1.54, 1.807) is 7.11 Å². The summed E-state index contributed by atoms with van der Waals surface area (Å²) in [5, 5.41) is 0. The van der Waals surface area contributed by atoms with E-state index in [9.17, 15) is 4.79 Å². The van der Waals surface area contributed by atoms with E-state index >= 15 is 0 Å². The molecular formula is C21H26N2O2. The molecule has 0 aliphatic carbocycles. The molecule has 2 aromatic carbocycles. The van der Waals surface area contributed by atoms with Crippen molar-refractivity contribution in [2.24, 2.45) is 0 Å². The smallest absolute Gasteiger partial charge is 0.222 e. The van der Waals surface area contributed by atoms with E-state index in [0.717, 1.165) is 44.9 Å². The van der Waals surface area contributed by atoms with Crippen LogP contribution in [0.5, 0.6) is 5.75 Å². The van der Waals surface area contributed by atoms with Gasteiger partial charge >= 0.3 is 0 Å². The first-order valence-electron chi connectivity index (χ1n) is 8.92. The van der Waals surface area contributed by atoms with Gasteiger partial charge in [-0.05, 0) is 18.1 Å². The first-order chi connectivity index (χ1) is 12.3. The van der Waals surface area contributed by atoms with E-state index in [2.05, 4.69) is 23.1 Å². The largest absolute Gasteiger partial charge is 0.496 e. The molecule has 0 N–H and O–H groups in total. The Morgan fingerprint density at radius 2 is 1.64 bits per heavy atom. The molecule has 3 rings (SSSR count). The van der Waals surface area contributed by atoms with Crippen LogP contribution in [0.25, 0.3) is 0 Å². The molecule has 0 saturated carbocycles. The Labute approximate surface area is 150 Å². The number of rotatable bonds is 6. The fourth-order valence-electron chi connectivity index (χ4n) is 3.28. The molecule has 0 bridgehead atoms. The van der Waals surface area contributed by atoms with Gasteiger partial charge in [0.25, 0.3) is 0 Å². The third kappa shape index (κ3) is 4.83. The van der Waals surface area contributed by atoms with E-state index in [1.807, 2.05) is 41.3 Å². The van der Waals surface area contributed by atoms with Gasteiger partial charge in [0.2, 0.25) is 5.91 Å². The molecule has 25 heavy (non-hydrogen) atoms. The lowest BCUT2D eigenvalue weighted by molar-refractivity contribution is -0.133. The van der Waals surface area contributed by atoms with Crippen molar-refractivity contribution in [1.29, 1.82) is 0 Å². The van der Waals surface area contributed by atoms with E-state index in [0.29, 0.717) is 6.42 Å². The Balaban J connectivity index is 1.46. The number of ether oxygens (including phenoxy) is 1. The van der Waals surface area contributed by atoms with Crippen molar-refractivity contribution in [2.75, 3.05) is 33.3 Å². The average molecular weight is 338 g/mol. The van der Waals surface area contributed by atoms with Gasteiger partial charge in [-0.15, -0.1) is 0 Å². The maximum absolute atomic E-state index is 12.4. The zero-order valence-electron chi connectivity index (χ0n) is 14.9. The van der Waals surface area contributed by atoms with Crippen molar-refractivity contribution < 1.29 is 9.53 Å². The highest BCUT2D eigenvalue weighted by atomic mass is 16.5. The van der Waals surface area contributed by atoms with Crippen LogP contribution in [-0.2, 0) is 17.8 Å². The molecule has 4 heteroatoms. The topological polar surface area (TPSA) is 32.8 Å². The predicted octanol–water partition coefficient (Wildman–Crippen LogP) is 2.97. The number of amides is 1. The molecule has 2 aromatic rings. The van der Waals surface area contributed by atoms with Crippen LogP contribution in [0.1, 0.15) is 17.5 Å². The second-order valence-electron chi connectivity index (χ2n) is 6.45. The summed E-state index contributed by atoms with van der Waals surface area (Å²) in [6.45, 7) is 4.31. The Morgan fingerprint density at radius 3 is 2.36 bits per heavy atom.